The maximum atomic E-state index is 13.6. The Bertz CT molecular complexity index is 1140. The standard InChI is InChI=1S/C32H41NOS.C2H2.CH4O/c1-7-9-26-23(8-2)16-19-33-30(26)35-21-29(34)28-13-11-24-10-12-25-20-22(3)14-18-32(25,6)27(24)15-17-31(28,4)5;2*1-2/h7-9,14,16,18-20,24,27-28H,2-3,10-13,15,17,21H2,1,4-6H3;1-2H;2H,1H3/b9-7-;;. The van der Waals surface area contributed by atoms with E-state index in [2.05, 4.69) is 76.1 Å². The van der Waals surface area contributed by atoms with Gasteiger partial charge in [0, 0.05) is 30.2 Å². The number of aliphatic hydroxyl groups excluding tert-OH is 1. The molecular formula is C35H47NO2S. The fourth-order valence-electron chi connectivity index (χ4n) is 6.84. The average molecular weight is 546 g/mol. The molecule has 0 saturated heterocycles. The van der Waals surface area contributed by atoms with Gasteiger partial charge >= 0.3 is 0 Å². The molecule has 0 bridgehead atoms. The Morgan fingerprint density at radius 2 is 1.92 bits per heavy atom. The first-order valence-corrected chi connectivity index (χ1v) is 14.9. The number of terminal acetylenes is 1. The number of hydrogen-bond donors (Lipinski definition) is 1. The molecule has 4 heteroatoms. The van der Waals surface area contributed by atoms with Gasteiger partial charge in [0.1, 0.15) is 10.8 Å². The number of nitrogens with zero attached hydrogens (tertiary/aromatic N) is 1. The zero-order chi connectivity index (χ0) is 29.2. The molecule has 4 atom stereocenters. The van der Waals surface area contributed by atoms with Gasteiger partial charge in [-0.2, -0.15) is 0 Å². The van der Waals surface area contributed by atoms with Crippen molar-refractivity contribution in [1.29, 1.82) is 0 Å². The molecule has 39 heavy (non-hydrogen) atoms. The molecule has 2 fully saturated rings. The van der Waals surface area contributed by atoms with E-state index in [4.69, 9.17) is 5.11 Å². The third-order valence-electron chi connectivity index (χ3n) is 8.97. The van der Waals surface area contributed by atoms with E-state index >= 15 is 0 Å². The van der Waals surface area contributed by atoms with E-state index in [9.17, 15) is 4.79 Å². The number of allylic oxidation sites excluding steroid dienone is 6. The number of carbonyl (C=O) groups excluding carboxylic acids is 1. The number of ketones is 1. The van der Waals surface area contributed by atoms with Crippen LogP contribution in [0.5, 0.6) is 0 Å². The molecule has 3 aliphatic carbocycles. The van der Waals surface area contributed by atoms with Crippen LogP contribution in [0, 0.1) is 41.4 Å². The average Bonchev–Trinajstić information content (AvgIpc) is 2.93. The van der Waals surface area contributed by atoms with Gasteiger partial charge in [0.05, 0.1) is 5.75 Å². The lowest BCUT2D eigenvalue weighted by Gasteiger charge is -2.51. The minimum Gasteiger partial charge on any atom is -0.400 e. The number of pyridine rings is 1. The van der Waals surface area contributed by atoms with Crippen molar-refractivity contribution in [2.24, 2.45) is 28.6 Å². The summed E-state index contributed by atoms with van der Waals surface area (Å²) >= 11 is 1.58. The lowest BCUT2D eigenvalue weighted by atomic mass is 9.53. The summed E-state index contributed by atoms with van der Waals surface area (Å²) < 4.78 is 0. The van der Waals surface area contributed by atoms with Gasteiger partial charge in [-0.1, -0.05) is 87.7 Å². The van der Waals surface area contributed by atoms with Gasteiger partial charge in [-0.25, -0.2) is 4.98 Å². The fourth-order valence-corrected chi connectivity index (χ4v) is 7.79. The Morgan fingerprint density at radius 3 is 2.59 bits per heavy atom. The van der Waals surface area contributed by atoms with Crippen LogP contribution in [-0.2, 0) is 4.79 Å². The topological polar surface area (TPSA) is 50.2 Å². The number of aromatic nitrogens is 1. The highest BCUT2D eigenvalue weighted by molar-refractivity contribution is 8.00. The van der Waals surface area contributed by atoms with Crippen molar-refractivity contribution in [3.8, 4) is 12.8 Å². The van der Waals surface area contributed by atoms with E-state index in [-0.39, 0.29) is 16.7 Å². The molecule has 3 aliphatic rings. The highest BCUT2D eigenvalue weighted by Crippen LogP contribution is 2.56. The largest absolute Gasteiger partial charge is 0.400 e. The van der Waals surface area contributed by atoms with Gasteiger partial charge in [-0.3, -0.25) is 4.79 Å². The van der Waals surface area contributed by atoms with Crippen molar-refractivity contribution in [2.45, 2.75) is 71.2 Å². The van der Waals surface area contributed by atoms with Gasteiger partial charge in [0.15, 0.2) is 0 Å². The third kappa shape index (κ3) is 7.33. The molecule has 1 aromatic heterocycles. The van der Waals surface area contributed by atoms with Crippen LogP contribution in [0.15, 0.2) is 65.9 Å². The van der Waals surface area contributed by atoms with E-state index in [0.29, 0.717) is 23.4 Å². The van der Waals surface area contributed by atoms with Crippen LogP contribution in [0.25, 0.3) is 12.2 Å². The molecule has 0 radical (unpaired) electrons. The van der Waals surface area contributed by atoms with Crippen molar-refractivity contribution in [3.63, 3.8) is 0 Å². The molecule has 4 unspecified atom stereocenters. The summed E-state index contributed by atoms with van der Waals surface area (Å²) in [4.78, 5) is 18.2. The monoisotopic (exact) mass is 545 g/mol. The van der Waals surface area contributed by atoms with E-state index < -0.39 is 0 Å². The fraction of sp³-hybridized carbons (Fsp3) is 0.486. The maximum Gasteiger partial charge on any atom is 0.146 e. The molecule has 2 saturated carbocycles. The molecular weight excluding hydrogens is 498 g/mol. The molecule has 1 aromatic rings. The van der Waals surface area contributed by atoms with Crippen LogP contribution >= 0.6 is 11.8 Å². The third-order valence-corrected chi connectivity index (χ3v) is 10.00. The van der Waals surface area contributed by atoms with Gasteiger partial charge < -0.3 is 5.11 Å². The highest BCUT2D eigenvalue weighted by Gasteiger charge is 2.47. The number of carbonyl (C=O) groups is 1. The summed E-state index contributed by atoms with van der Waals surface area (Å²) in [5.41, 5.74) is 4.98. The predicted octanol–water partition coefficient (Wildman–Crippen LogP) is 8.58. The van der Waals surface area contributed by atoms with Gasteiger partial charge in [-0.05, 0) is 79.9 Å². The lowest BCUT2D eigenvalue weighted by molar-refractivity contribution is -0.125. The van der Waals surface area contributed by atoms with Crippen molar-refractivity contribution >= 4 is 29.7 Å². The summed E-state index contributed by atoms with van der Waals surface area (Å²) in [5, 5.41) is 7.92. The smallest absolute Gasteiger partial charge is 0.146 e. The first-order chi connectivity index (χ1) is 18.7. The summed E-state index contributed by atoms with van der Waals surface area (Å²) in [6.07, 6.45) is 29.6. The number of rotatable bonds is 6. The number of aliphatic hydroxyl groups is 1. The molecule has 1 N–H and O–H groups in total. The molecule has 1 heterocycles. The van der Waals surface area contributed by atoms with Gasteiger partial charge in [0.25, 0.3) is 0 Å². The number of thioether (sulfide) groups is 1. The van der Waals surface area contributed by atoms with Crippen LogP contribution in [-0.4, -0.2) is 28.7 Å². The number of Topliss-reactive ketones (excluding diaryl/α,β-unsaturated/α-hetero) is 1. The van der Waals surface area contributed by atoms with Crippen molar-refractivity contribution in [3.05, 3.63) is 72.0 Å². The summed E-state index contributed by atoms with van der Waals surface area (Å²) in [7, 11) is 1.00. The van der Waals surface area contributed by atoms with Crippen LogP contribution in [0.1, 0.15) is 77.3 Å². The van der Waals surface area contributed by atoms with E-state index in [0.717, 1.165) is 54.5 Å². The first kappa shape index (κ1) is 32.6. The minimum absolute atomic E-state index is 0.00478. The van der Waals surface area contributed by atoms with E-state index in [1.807, 2.05) is 31.3 Å². The van der Waals surface area contributed by atoms with Crippen LogP contribution in [0.3, 0.4) is 0 Å². The Morgan fingerprint density at radius 1 is 1.21 bits per heavy atom. The molecule has 4 rings (SSSR count). The van der Waals surface area contributed by atoms with Crippen LogP contribution in [0.4, 0.5) is 0 Å². The zero-order valence-corrected chi connectivity index (χ0v) is 25.4. The van der Waals surface area contributed by atoms with E-state index in [1.165, 1.54) is 12.8 Å². The number of hydrogen-bond acceptors (Lipinski definition) is 4. The summed E-state index contributed by atoms with van der Waals surface area (Å²) in [6.45, 7) is 17.2. The van der Waals surface area contributed by atoms with Crippen LogP contribution in [0.2, 0.25) is 0 Å². The quantitative estimate of drug-likeness (QED) is 0.287. The summed E-state index contributed by atoms with van der Waals surface area (Å²) in [6, 6.07) is 1.98. The molecule has 210 valence electrons. The highest BCUT2D eigenvalue weighted by atomic mass is 32.2. The SMILES string of the molecule is C#C.C=Cc1ccnc(SCC(=O)C2CCC3CCC4=CC(=C)C=CC4(C)C3CCC2(C)C)c1/C=C\C.CO. The zero-order valence-electron chi connectivity index (χ0n) is 24.6. The first-order valence-electron chi connectivity index (χ1n) is 14.0. The van der Waals surface area contributed by atoms with Crippen molar-refractivity contribution in [2.75, 3.05) is 12.9 Å². The van der Waals surface area contributed by atoms with E-state index in [1.54, 1.807) is 17.3 Å². The summed E-state index contributed by atoms with van der Waals surface area (Å²) in [5.74, 6) is 2.32. The molecule has 0 aliphatic heterocycles. The Kier molecular flexibility index (Phi) is 12.3. The molecule has 0 spiro atoms. The second-order valence-electron chi connectivity index (χ2n) is 11.5. The molecule has 3 nitrogen and oxygen atoms in total. The lowest BCUT2D eigenvalue weighted by Crippen LogP contribution is -2.43. The van der Waals surface area contributed by atoms with Gasteiger partial charge in [0.2, 0.25) is 0 Å². The Hall–Kier alpha value is -2.61. The normalized spacial score (nSPS) is 27.2. The number of fused-ring (bicyclic) bond motifs is 3. The van der Waals surface area contributed by atoms with Crippen molar-refractivity contribution < 1.29 is 9.90 Å². The Balaban J connectivity index is 0.00000127. The second-order valence-corrected chi connectivity index (χ2v) is 12.5. The minimum atomic E-state index is 0.00478. The Labute approximate surface area is 241 Å². The second kappa shape index (κ2) is 14.7. The molecule has 0 aromatic carbocycles. The molecule has 0 amide bonds. The maximum absolute atomic E-state index is 13.6. The van der Waals surface area contributed by atoms with Gasteiger partial charge in [-0.15, -0.1) is 12.8 Å². The van der Waals surface area contributed by atoms with Crippen molar-refractivity contribution in [1.82, 2.24) is 4.98 Å². The predicted molar refractivity (Wildman–Crippen MR) is 169 cm³/mol. The van der Waals surface area contributed by atoms with Crippen LogP contribution < -0.4 is 0 Å².